The van der Waals surface area contributed by atoms with Gasteiger partial charge in [0.25, 0.3) is 0 Å². The number of benzene rings is 2. The van der Waals surface area contributed by atoms with Crippen molar-refractivity contribution in [1.29, 1.82) is 0 Å². The number of aromatic nitrogens is 2. The van der Waals surface area contributed by atoms with E-state index < -0.39 is 0 Å². The average Bonchev–Trinajstić information content (AvgIpc) is 3.28. The number of hydrogen-bond donors (Lipinski definition) is 1. The number of rotatable bonds is 11. The van der Waals surface area contributed by atoms with Gasteiger partial charge in [0.05, 0.1) is 19.3 Å². The molecule has 168 valence electrons. The molecule has 3 rings (SSSR count). The van der Waals surface area contributed by atoms with Crippen LogP contribution < -0.4 is 10.1 Å². The van der Waals surface area contributed by atoms with Crippen molar-refractivity contribution in [2.24, 2.45) is 0 Å². The molecule has 0 saturated carbocycles. The van der Waals surface area contributed by atoms with Gasteiger partial charge in [-0.1, -0.05) is 18.5 Å². The molecule has 0 bridgehead atoms. The summed E-state index contributed by atoms with van der Waals surface area (Å²) >= 11 is 0. The zero-order valence-electron chi connectivity index (χ0n) is 18.3. The lowest BCUT2D eigenvalue weighted by atomic mass is 10.2. The number of ether oxygens (including phenoxy) is 2. The first-order valence-corrected chi connectivity index (χ1v) is 10.6. The highest BCUT2D eigenvalue weighted by molar-refractivity contribution is 5.93. The average molecular weight is 437 g/mol. The Balaban J connectivity index is 1.42. The summed E-state index contributed by atoms with van der Waals surface area (Å²) in [6.07, 6.45) is 3.18. The highest BCUT2D eigenvalue weighted by Gasteiger charge is 2.11. The number of aryl methyl sites for hydroxylation is 1. The van der Waals surface area contributed by atoms with Gasteiger partial charge in [-0.2, -0.15) is 4.98 Å². The van der Waals surface area contributed by atoms with Gasteiger partial charge in [-0.05, 0) is 61.4 Å². The third-order valence-corrected chi connectivity index (χ3v) is 4.75. The molecule has 0 saturated heterocycles. The van der Waals surface area contributed by atoms with Gasteiger partial charge >= 0.3 is 5.97 Å². The van der Waals surface area contributed by atoms with Crippen LogP contribution in [-0.2, 0) is 16.0 Å². The van der Waals surface area contributed by atoms with Crippen LogP contribution in [0.3, 0.4) is 0 Å². The molecule has 0 aliphatic heterocycles. The molecule has 8 nitrogen and oxygen atoms in total. The number of esters is 1. The van der Waals surface area contributed by atoms with Gasteiger partial charge in [0.2, 0.25) is 17.6 Å². The van der Waals surface area contributed by atoms with Crippen molar-refractivity contribution in [1.82, 2.24) is 10.1 Å². The third kappa shape index (κ3) is 6.66. The molecule has 1 amide bonds. The van der Waals surface area contributed by atoms with Crippen molar-refractivity contribution in [3.05, 3.63) is 60.0 Å². The largest absolute Gasteiger partial charge is 0.497 e. The molecule has 0 aliphatic carbocycles. The maximum Gasteiger partial charge on any atom is 0.338 e. The Morgan fingerprint density at radius 2 is 1.78 bits per heavy atom. The van der Waals surface area contributed by atoms with Gasteiger partial charge in [-0.3, -0.25) is 4.79 Å². The van der Waals surface area contributed by atoms with Crippen LogP contribution in [-0.4, -0.2) is 35.7 Å². The molecule has 0 fully saturated rings. The summed E-state index contributed by atoms with van der Waals surface area (Å²) in [7, 11) is 1.61. The van der Waals surface area contributed by atoms with E-state index in [9.17, 15) is 9.59 Å². The van der Waals surface area contributed by atoms with E-state index in [2.05, 4.69) is 15.5 Å². The highest BCUT2D eigenvalue weighted by Crippen LogP contribution is 2.20. The number of hydrogen-bond acceptors (Lipinski definition) is 7. The minimum atomic E-state index is -0.357. The van der Waals surface area contributed by atoms with E-state index in [1.165, 1.54) is 0 Å². The fraction of sp³-hybridized carbons (Fsp3) is 0.333. The summed E-state index contributed by atoms with van der Waals surface area (Å²) in [6.45, 7) is 2.45. The van der Waals surface area contributed by atoms with Crippen LogP contribution in [0.5, 0.6) is 5.75 Å². The van der Waals surface area contributed by atoms with Crippen LogP contribution in [0.2, 0.25) is 0 Å². The van der Waals surface area contributed by atoms with E-state index in [1.807, 2.05) is 31.2 Å². The minimum absolute atomic E-state index is 0.127. The first-order chi connectivity index (χ1) is 15.6. The molecule has 8 heteroatoms. The zero-order valence-corrected chi connectivity index (χ0v) is 18.3. The van der Waals surface area contributed by atoms with E-state index in [-0.39, 0.29) is 11.9 Å². The fourth-order valence-electron chi connectivity index (χ4n) is 2.92. The number of nitrogens with zero attached hydrogens (tertiary/aromatic N) is 2. The molecule has 2 aromatic carbocycles. The minimum Gasteiger partial charge on any atom is -0.497 e. The van der Waals surface area contributed by atoms with E-state index in [1.54, 1.807) is 31.4 Å². The summed E-state index contributed by atoms with van der Waals surface area (Å²) in [5.74, 6) is 1.25. The van der Waals surface area contributed by atoms with Crippen molar-refractivity contribution in [2.75, 3.05) is 19.0 Å². The molecule has 0 unspecified atom stereocenters. The Morgan fingerprint density at radius 3 is 2.47 bits per heavy atom. The Morgan fingerprint density at radius 1 is 1.03 bits per heavy atom. The van der Waals surface area contributed by atoms with Crippen LogP contribution in [0, 0.1) is 0 Å². The van der Waals surface area contributed by atoms with E-state index in [4.69, 9.17) is 14.0 Å². The van der Waals surface area contributed by atoms with Crippen LogP contribution in [0.15, 0.2) is 53.1 Å². The maximum atomic E-state index is 12.2. The molecule has 3 aromatic rings. The Kier molecular flexibility index (Phi) is 8.36. The second-order valence-corrected chi connectivity index (χ2v) is 7.21. The van der Waals surface area contributed by atoms with Gasteiger partial charge in [0.1, 0.15) is 5.75 Å². The predicted molar refractivity (Wildman–Crippen MR) is 119 cm³/mol. The number of methoxy groups -OCH3 is 1. The van der Waals surface area contributed by atoms with Crippen molar-refractivity contribution in [2.45, 2.75) is 39.0 Å². The number of nitrogens with one attached hydrogen (secondary N) is 1. The lowest BCUT2D eigenvalue weighted by Gasteiger charge is -2.07. The Hall–Kier alpha value is -3.68. The quantitative estimate of drug-likeness (QED) is 0.344. The summed E-state index contributed by atoms with van der Waals surface area (Å²) in [4.78, 5) is 28.5. The standard InChI is InChI=1S/C24H27N3O5/c1-3-4-16-31-24(29)18-8-12-19(13-9-18)25-21(28)6-5-7-22-26-23(27-32-22)17-10-14-20(30-2)15-11-17/h8-15H,3-7,16H2,1-2H3,(H,25,28). The van der Waals surface area contributed by atoms with Gasteiger partial charge in [0, 0.05) is 24.1 Å². The van der Waals surface area contributed by atoms with Gasteiger partial charge in [-0.25, -0.2) is 4.79 Å². The molecular weight excluding hydrogens is 410 g/mol. The number of carbonyl (C=O) groups excluding carboxylic acids is 2. The van der Waals surface area contributed by atoms with Gasteiger partial charge in [-0.15, -0.1) is 0 Å². The topological polar surface area (TPSA) is 104 Å². The summed E-state index contributed by atoms with van der Waals surface area (Å²) in [5, 5.41) is 6.81. The molecular formula is C24H27N3O5. The normalized spacial score (nSPS) is 10.6. The van der Waals surface area contributed by atoms with Gasteiger partial charge < -0.3 is 19.3 Å². The fourth-order valence-corrected chi connectivity index (χ4v) is 2.92. The summed E-state index contributed by atoms with van der Waals surface area (Å²) in [6, 6.07) is 14.0. The second kappa shape index (κ2) is 11.6. The predicted octanol–water partition coefficient (Wildman–Crippen LogP) is 4.66. The molecule has 0 radical (unpaired) electrons. The molecule has 0 aliphatic rings. The summed E-state index contributed by atoms with van der Waals surface area (Å²) < 4.78 is 15.6. The number of carbonyl (C=O) groups is 2. The van der Waals surface area contributed by atoms with Crippen LogP contribution in [0.25, 0.3) is 11.4 Å². The second-order valence-electron chi connectivity index (χ2n) is 7.21. The Bertz CT molecular complexity index is 1010. The van der Waals surface area contributed by atoms with Crippen molar-refractivity contribution in [3.8, 4) is 17.1 Å². The van der Waals surface area contributed by atoms with Crippen LogP contribution in [0.1, 0.15) is 48.9 Å². The molecule has 1 heterocycles. The van der Waals surface area contributed by atoms with Crippen molar-refractivity contribution in [3.63, 3.8) is 0 Å². The number of unbranched alkanes of at least 4 members (excludes halogenated alkanes) is 1. The van der Waals surface area contributed by atoms with Crippen molar-refractivity contribution >= 4 is 17.6 Å². The van der Waals surface area contributed by atoms with Crippen LogP contribution >= 0.6 is 0 Å². The van der Waals surface area contributed by atoms with Crippen molar-refractivity contribution < 1.29 is 23.6 Å². The first-order valence-electron chi connectivity index (χ1n) is 10.6. The SMILES string of the molecule is CCCCOC(=O)c1ccc(NC(=O)CCCc2nc(-c3ccc(OC)cc3)no2)cc1. The lowest BCUT2D eigenvalue weighted by Crippen LogP contribution is -2.12. The molecule has 1 N–H and O–H groups in total. The highest BCUT2D eigenvalue weighted by atomic mass is 16.5. The molecule has 0 spiro atoms. The van der Waals surface area contributed by atoms with E-state index >= 15 is 0 Å². The molecule has 32 heavy (non-hydrogen) atoms. The zero-order chi connectivity index (χ0) is 22.8. The maximum absolute atomic E-state index is 12.2. The molecule has 1 aromatic heterocycles. The smallest absolute Gasteiger partial charge is 0.338 e. The number of amides is 1. The lowest BCUT2D eigenvalue weighted by molar-refractivity contribution is -0.116. The molecule has 0 atom stereocenters. The summed E-state index contributed by atoms with van der Waals surface area (Å²) in [5.41, 5.74) is 1.92. The first kappa shape index (κ1) is 23.0. The van der Waals surface area contributed by atoms with E-state index in [0.29, 0.717) is 48.8 Å². The Labute approximate surface area is 186 Å². The van der Waals surface area contributed by atoms with Crippen LogP contribution in [0.4, 0.5) is 5.69 Å². The van der Waals surface area contributed by atoms with Gasteiger partial charge in [0.15, 0.2) is 0 Å². The third-order valence-electron chi connectivity index (χ3n) is 4.75. The van der Waals surface area contributed by atoms with E-state index in [0.717, 1.165) is 24.2 Å². The number of anilines is 1. The monoisotopic (exact) mass is 437 g/mol.